The quantitative estimate of drug-likeness (QED) is 0.891. The molecule has 1 heterocycles. The first kappa shape index (κ1) is 12.9. The zero-order valence-corrected chi connectivity index (χ0v) is 11.3. The van der Waals surface area contributed by atoms with Crippen molar-refractivity contribution in [3.63, 3.8) is 0 Å². The van der Waals surface area contributed by atoms with Crippen LogP contribution in [-0.4, -0.2) is 21.3 Å². The van der Waals surface area contributed by atoms with Crippen LogP contribution in [0.4, 0.5) is 0 Å². The molecule has 20 heavy (non-hydrogen) atoms. The van der Waals surface area contributed by atoms with Crippen molar-refractivity contribution in [2.45, 2.75) is 38.0 Å². The van der Waals surface area contributed by atoms with Gasteiger partial charge < -0.3 is 5.11 Å². The number of rotatable bonds is 3. The molecule has 1 aromatic heterocycles. The first-order valence-corrected chi connectivity index (χ1v) is 7.13. The summed E-state index contributed by atoms with van der Waals surface area (Å²) in [4.78, 5) is 10.9. The Morgan fingerprint density at radius 1 is 1.20 bits per heavy atom. The molecule has 4 nitrogen and oxygen atoms in total. The van der Waals surface area contributed by atoms with Gasteiger partial charge in [0.2, 0.25) is 0 Å². The van der Waals surface area contributed by atoms with Gasteiger partial charge in [-0.05, 0) is 36.5 Å². The molecular formula is C16H18N2O2. The summed E-state index contributed by atoms with van der Waals surface area (Å²) in [6.45, 7) is 0. The van der Waals surface area contributed by atoms with E-state index in [0.717, 1.165) is 5.56 Å². The minimum atomic E-state index is -0.979. The van der Waals surface area contributed by atoms with Crippen molar-refractivity contribution in [3.05, 3.63) is 41.6 Å². The first-order chi connectivity index (χ1) is 9.74. The summed E-state index contributed by atoms with van der Waals surface area (Å²) < 4.78 is 0. The topological polar surface area (TPSA) is 66.0 Å². The Kier molecular flexibility index (Phi) is 3.54. The molecular weight excluding hydrogens is 252 g/mol. The Balaban J connectivity index is 1.87. The third kappa shape index (κ3) is 2.59. The van der Waals surface area contributed by atoms with Crippen molar-refractivity contribution >= 4 is 5.97 Å². The van der Waals surface area contributed by atoms with E-state index in [2.05, 4.69) is 22.3 Å². The normalized spacial score (nSPS) is 16.2. The molecule has 2 N–H and O–H groups in total. The Bertz CT molecular complexity index is 612. The third-order valence-electron chi connectivity index (χ3n) is 4.07. The average Bonchev–Trinajstić information content (AvgIpc) is 2.98. The van der Waals surface area contributed by atoms with Crippen LogP contribution in [0.5, 0.6) is 0 Å². The Labute approximate surface area is 117 Å². The van der Waals surface area contributed by atoms with Crippen molar-refractivity contribution in [3.8, 4) is 11.3 Å². The highest BCUT2D eigenvalue weighted by molar-refractivity contribution is 5.86. The van der Waals surface area contributed by atoms with Gasteiger partial charge in [-0.1, -0.05) is 37.5 Å². The number of carboxylic acids is 1. The zero-order valence-electron chi connectivity index (χ0n) is 11.3. The van der Waals surface area contributed by atoms with Crippen molar-refractivity contribution in [2.75, 3.05) is 0 Å². The van der Waals surface area contributed by atoms with E-state index < -0.39 is 5.97 Å². The Hall–Kier alpha value is -2.10. The molecule has 0 bridgehead atoms. The van der Waals surface area contributed by atoms with E-state index in [-0.39, 0.29) is 5.69 Å². The molecule has 1 aromatic carbocycles. The summed E-state index contributed by atoms with van der Waals surface area (Å²) in [7, 11) is 0. The van der Waals surface area contributed by atoms with Gasteiger partial charge >= 0.3 is 5.97 Å². The van der Waals surface area contributed by atoms with E-state index >= 15 is 0 Å². The van der Waals surface area contributed by atoms with Crippen LogP contribution in [-0.2, 0) is 0 Å². The van der Waals surface area contributed by atoms with E-state index in [4.69, 9.17) is 5.11 Å². The number of hydrogen-bond acceptors (Lipinski definition) is 2. The number of carboxylic acid groups (broad SMARTS) is 1. The minimum Gasteiger partial charge on any atom is -0.477 e. The van der Waals surface area contributed by atoms with Gasteiger partial charge in [-0.15, -0.1) is 0 Å². The Morgan fingerprint density at radius 2 is 2.00 bits per heavy atom. The highest BCUT2D eigenvalue weighted by atomic mass is 16.4. The standard InChI is InChI=1S/C16H18N2O2/c19-16(20)15-10-14(17-18-15)13-8-4-7-12(9-13)11-5-2-1-3-6-11/h4,7-11H,1-3,5-6H2,(H,17,18)(H,19,20). The molecule has 0 aliphatic heterocycles. The van der Waals surface area contributed by atoms with E-state index in [1.54, 1.807) is 6.07 Å². The number of hydrogen-bond donors (Lipinski definition) is 2. The fourth-order valence-electron chi connectivity index (χ4n) is 2.97. The number of H-pyrrole nitrogens is 1. The van der Waals surface area contributed by atoms with Crippen LogP contribution >= 0.6 is 0 Å². The molecule has 0 amide bonds. The number of aromatic amines is 1. The maximum atomic E-state index is 10.9. The van der Waals surface area contributed by atoms with Crippen LogP contribution < -0.4 is 0 Å². The monoisotopic (exact) mass is 270 g/mol. The van der Waals surface area contributed by atoms with Crippen LogP contribution in [0.1, 0.15) is 54.1 Å². The SMILES string of the molecule is O=C(O)c1cc(-c2cccc(C3CCCCC3)c2)n[nH]1. The van der Waals surface area contributed by atoms with Crippen LogP contribution in [0.3, 0.4) is 0 Å². The van der Waals surface area contributed by atoms with Crippen LogP contribution in [0.15, 0.2) is 30.3 Å². The highest BCUT2D eigenvalue weighted by Gasteiger charge is 2.16. The summed E-state index contributed by atoms with van der Waals surface area (Å²) in [5, 5.41) is 15.6. The van der Waals surface area contributed by atoms with Crippen LogP contribution in [0, 0.1) is 0 Å². The fourth-order valence-corrected chi connectivity index (χ4v) is 2.97. The molecule has 1 saturated carbocycles. The van der Waals surface area contributed by atoms with Crippen molar-refractivity contribution in [1.82, 2.24) is 10.2 Å². The maximum Gasteiger partial charge on any atom is 0.353 e. The van der Waals surface area contributed by atoms with Crippen LogP contribution in [0.25, 0.3) is 11.3 Å². The lowest BCUT2D eigenvalue weighted by molar-refractivity contribution is 0.0690. The number of carbonyl (C=O) groups is 1. The second-order valence-electron chi connectivity index (χ2n) is 5.43. The molecule has 3 rings (SSSR count). The van der Waals surface area contributed by atoms with Crippen LogP contribution in [0.2, 0.25) is 0 Å². The lowest BCUT2D eigenvalue weighted by atomic mass is 9.83. The molecule has 0 unspecified atom stereocenters. The van der Waals surface area contributed by atoms with Gasteiger partial charge in [-0.2, -0.15) is 5.10 Å². The predicted octanol–water partition coefficient (Wildman–Crippen LogP) is 3.82. The second-order valence-corrected chi connectivity index (χ2v) is 5.43. The van der Waals surface area contributed by atoms with Gasteiger partial charge in [0.05, 0.1) is 5.69 Å². The molecule has 0 saturated heterocycles. The Morgan fingerprint density at radius 3 is 2.70 bits per heavy atom. The summed E-state index contributed by atoms with van der Waals surface area (Å²) in [5.74, 6) is -0.339. The lowest BCUT2D eigenvalue weighted by Gasteiger charge is -2.22. The number of nitrogens with zero attached hydrogens (tertiary/aromatic N) is 1. The number of aromatic nitrogens is 2. The first-order valence-electron chi connectivity index (χ1n) is 7.13. The molecule has 1 aliphatic carbocycles. The number of benzene rings is 1. The predicted molar refractivity (Wildman–Crippen MR) is 76.8 cm³/mol. The molecule has 104 valence electrons. The van der Waals surface area contributed by atoms with Crippen molar-refractivity contribution in [1.29, 1.82) is 0 Å². The number of aromatic carboxylic acids is 1. The third-order valence-corrected chi connectivity index (χ3v) is 4.07. The minimum absolute atomic E-state index is 0.128. The van der Waals surface area contributed by atoms with Crippen molar-refractivity contribution in [2.24, 2.45) is 0 Å². The van der Waals surface area contributed by atoms with E-state index in [0.29, 0.717) is 11.6 Å². The fraction of sp³-hybridized carbons (Fsp3) is 0.375. The molecule has 4 heteroatoms. The van der Waals surface area contributed by atoms with Gasteiger partial charge in [0.25, 0.3) is 0 Å². The summed E-state index contributed by atoms with van der Waals surface area (Å²) in [6, 6.07) is 9.92. The van der Waals surface area contributed by atoms with E-state index in [9.17, 15) is 4.79 Å². The van der Waals surface area contributed by atoms with Crippen molar-refractivity contribution < 1.29 is 9.90 Å². The smallest absolute Gasteiger partial charge is 0.353 e. The maximum absolute atomic E-state index is 10.9. The average molecular weight is 270 g/mol. The summed E-state index contributed by atoms with van der Waals surface area (Å²) in [5.41, 5.74) is 3.15. The van der Waals surface area contributed by atoms with Gasteiger partial charge in [0.1, 0.15) is 5.69 Å². The zero-order chi connectivity index (χ0) is 13.9. The van der Waals surface area contributed by atoms with Gasteiger partial charge in [0, 0.05) is 5.56 Å². The van der Waals surface area contributed by atoms with Gasteiger partial charge in [-0.25, -0.2) is 4.79 Å². The molecule has 0 radical (unpaired) electrons. The largest absolute Gasteiger partial charge is 0.477 e. The summed E-state index contributed by atoms with van der Waals surface area (Å²) >= 11 is 0. The molecule has 1 aliphatic rings. The molecule has 0 atom stereocenters. The molecule has 2 aromatic rings. The van der Waals surface area contributed by atoms with Gasteiger partial charge in [0.15, 0.2) is 0 Å². The lowest BCUT2D eigenvalue weighted by Crippen LogP contribution is -2.04. The van der Waals surface area contributed by atoms with E-state index in [1.807, 2.05) is 12.1 Å². The van der Waals surface area contributed by atoms with E-state index in [1.165, 1.54) is 37.7 Å². The number of nitrogens with one attached hydrogen (secondary N) is 1. The van der Waals surface area contributed by atoms with Gasteiger partial charge in [-0.3, -0.25) is 5.10 Å². The second kappa shape index (κ2) is 5.49. The molecule has 0 spiro atoms. The summed E-state index contributed by atoms with van der Waals surface area (Å²) in [6.07, 6.45) is 6.47. The highest BCUT2D eigenvalue weighted by Crippen LogP contribution is 2.34. The molecule has 1 fully saturated rings.